The minimum absolute atomic E-state index is 0.00657. The summed E-state index contributed by atoms with van der Waals surface area (Å²) in [5, 5.41) is 17.7. The Kier molecular flexibility index (Phi) is 11.0. The van der Waals surface area contributed by atoms with Gasteiger partial charge in [-0.15, -0.1) is 10.2 Å². The van der Waals surface area contributed by atoms with E-state index in [2.05, 4.69) is 15.1 Å². The molecule has 16 heteroatoms. The van der Waals surface area contributed by atoms with Crippen LogP contribution >= 0.6 is 0 Å². The van der Waals surface area contributed by atoms with Gasteiger partial charge in [0.2, 0.25) is 17.6 Å². The number of halogens is 3. The highest BCUT2D eigenvalue weighted by atomic mass is 32.2. The van der Waals surface area contributed by atoms with Gasteiger partial charge in [-0.2, -0.15) is 18.2 Å². The molecule has 3 aliphatic rings. The molecule has 0 radical (unpaired) electrons. The molecule has 2 atom stereocenters. The lowest BCUT2D eigenvalue weighted by Gasteiger charge is -2.38. The SMILES string of the molecule is Cc1ccc(C(c2ccn3c(C(F)(F)F)nnc3c2C)C(C)(C)C(=O)O)cc1CN1CC2(CCOCC2)Oc2nc(OCCN3CCCCC3)ccc2S1=O. The molecule has 7 rings (SSSR count). The molecule has 1 aromatic carbocycles. The minimum atomic E-state index is -4.72. The fraction of sp³-hybridized carbons (Fsp3) is 0.538. The number of fused-ring (bicyclic) bond motifs is 2. The molecular weight excluding hydrogens is 738 g/mol. The number of nitrogens with zero attached hydrogens (tertiary/aromatic N) is 6. The van der Waals surface area contributed by atoms with Crippen molar-refractivity contribution < 1.29 is 41.5 Å². The zero-order chi connectivity index (χ0) is 39.1. The Morgan fingerprint density at radius 1 is 1.05 bits per heavy atom. The molecule has 4 aromatic rings. The quantitative estimate of drug-likeness (QED) is 0.195. The molecule has 0 aliphatic carbocycles. The van der Waals surface area contributed by atoms with Crippen LogP contribution in [0.3, 0.4) is 0 Å². The van der Waals surface area contributed by atoms with Crippen molar-refractivity contribution >= 4 is 22.6 Å². The zero-order valence-corrected chi connectivity index (χ0v) is 32.3. The maximum Gasteiger partial charge on any atom is 0.452 e. The first kappa shape index (κ1) is 39.1. The predicted octanol–water partition coefficient (Wildman–Crippen LogP) is 6.33. The van der Waals surface area contributed by atoms with Crippen LogP contribution in [-0.4, -0.2) is 95.7 Å². The maximum absolute atomic E-state index is 14.5. The number of ether oxygens (including phenoxy) is 3. The number of pyridine rings is 2. The van der Waals surface area contributed by atoms with E-state index in [-0.39, 0.29) is 18.1 Å². The molecule has 0 saturated carbocycles. The Hall–Kier alpha value is -4.12. The van der Waals surface area contributed by atoms with Crippen molar-refractivity contribution in [3.63, 3.8) is 0 Å². The molecule has 2 unspecified atom stereocenters. The third kappa shape index (κ3) is 7.96. The van der Waals surface area contributed by atoms with Gasteiger partial charge in [0, 0.05) is 44.1 Å². The Morgan fingerprint density at radius 3 is 2.51 bits per heavy atom. The number of hydrogen-bond donors (Lipinski definition) is 1. The minimum Gasteiger partial charge on any atom is -0.481 e. The summed E-state index contributed by atoms with van der Waals surface area (Å²) in [5.41, 5.74) is 1.12. The summed E-state index contributed by atoms with van der Waals surface area (Å²) in [5.74, 6) is -2.34. The number of benzene rings is 1. The zero-order valence-electron chi connectivity index (χ0n) is 31.5. The third-order valence-corrected chi connectivity index (χ3v) is 12.7. The average Bonchev–Trinajstić information content (AvgIpc) is 3.56. The van der Waals surface area contributed by atoms with Crippen LogP contribution < -0.4 is 9.47 Å². The van der Waals surface area contributed by atoms with E-state index in [4.69, 9.17) is 19.2 Å². The number of carboxylic acid groups (broad SMARTS) is 1. The summed E-state index contributed by atoms with van der Waals surface area (Å²) < 4.78 is 76.8. The standard InChI is InChI=1S/C39H47F3N6O6S/c1-25-8-9-27(32(37(3,4)36(49)50)29-12-17-48-33(26(29)2)44-45-35(48)39(40,41)42)22-28(25)23-47-24-38(13-19-52-20-14-38)54-34-30(55(47)51)10-11-31(43-34)53-21-18-46-15-6-5-7-16-46/h8-12,17,22,32H,5-7,13-16,18-21,23-24H2,1-4H3,(H,49,50). The van der Waals surface area contributed by atoms with E-state index in [0.717, 1.165) is 35.2 Å². The van der Waals surface area contributed by atoms with Crippen molar-refractivity contribution in [2.24, 2.45) is 5.41 Å². The largest absolute Gasteiger partial charge is 0.481 e. The van der Waals surface area contributed by atoms with Crippen molar-refractivity contribution in [2.75, 3.05) is 46.0 Å². The number of carbonyl (C=O) groups is 1. The van der Waals surface area contributed by atoms with Crippen molar-refractivity contribution in [1.29, 1.82) is 0 Å². The predicted molar refractivity (Wildman–Crippen MR) is 197 cm³/mol. The molecule has 0 bridgehead atoms. The fourth-order valence-electron chi connectivity index (χ4n) is 7.98. The Morgan fingerprint density at radius 2 is 1.80 bits per heavy atom. The second kappa shape index (κ2) is 15.4. The van der Waals surface area contributed by atoms with E-state index < -0.39 is 45.9 Å². The third-order valence-electron chi connectivity index (χ3n) is 11.3. The highest BCUT2D eigenvalue weighted by molar-refractivity contribution is 7.82. The van der Waals surface area contributed by atoms with Gasteiger partial charge in [-0.1, -0.05) is 24.6 Å². The second-order valence-electron chi connectivity index (χ2n) is 15.4. The molecule has 1 N–H and O–H groups in total. The van der Waals surface area contributed by atoms with Crippen molar-refractivity contribution in [1.82, 2.24) is 28.8 Å². The molecule has 2 fully saturated rings. The molecule has 1 spiro atoms. The van der Waals surface area contributed by atoms with Crippen molar-refractivity contribution in [2.45, 2.75) is 88.9 Å². The smallest absolute Gasteiger partial charge is 0.452 e. The topological polar surface area (TPSA) is 132 Å². The van der Waals surface area contributed by atoms with Gasteiger partial charge < -0.3 is 19.3 Å². The number of aromatic nitrogens is 4. The van der Waals surface area contributed by atoms with Gasteiger partial charge in [0.25, 0.3) is 0 Å². The highest BCUT2D eigenvalue weighted by Gasteiger charge is 2.44. The molecule has 3 aliphatic heterocycles. The van der Waals surface area contributed by atoms with E-state index in [0.29, 0.717) is 66.7 Å². The van der Waals surface area contributed by atoms with Gasteiger partial charge in [-0.25, -0.2) is 8.51 Å². The number of piperidine rings is 1. The Labute approximate surface area is 320 Å². The number of likely N-dealkylation sites (tertiary alicyclic amines) is 1. The van der Waals surface area contributed by atoms with E-state index in [9.17, 15) is 27.3 Å². The first-order valence-corrected chi connectivity index (χ1v) is 19.8. The molecule has 2 saturated heterocycles. The lowest BCUT2D eigenvalue weighted by atomic mass is 9.70. The van der Waals surface area contributed by atoms with Gasteiger partial charge in [0.1, 0.15) is 28.1 Å². The van der Waals surface area contributed by atoms with Gasteiger partial charge in [-0.05, 0) is 93.6 Å². The van der Waals surface area contributed by atoms with Gasteiger partial charge >= 0.3 is 12.1 Å². The van der Waals surface area contributed by atoms with Crippen LogP contribution in [-0.2, 0) is 33.2 Å². The van der Waals surface area contributed by atoms with Crippen LogP contribution in [0.4, 0.5) is 13.2 Å². The van der Waals surface area contributed by atoms with E-state index >= 15 is 0 Å². The summed E-state index contributed by atoms with van der Waals surface area (Å²) in [4.78, 5) is 20.4. The molecule has 6 heterocycles. The van der Waals surface area contributed by atoms with Gasteiger partial charge in [0.15, 0.2) is 5.65 Å². The van der Waals surface area contributed by atoms with Crippen LogP contribution in [0, 0.1) is 19.3 Å². The number of hydrogen-bond acceptors (Lipinski definition) is 9. The first-order chi connectivity index (χ1) is 26.2. The second-order valence-corrected chi connectivity index (χ2v) is 16.9. The number of aryl methyl sites for hydroxylation is 2. The van der Waals surface area contributed by atoms with E-state index in [1.54, 1.807) is 32.9 Å². The maximum atomic E-state index is 14.5. The van der Waals surface area contributed by atoms with E-state index in [1.807, 2.05) is 29.4 Å². The van der Waals surface area contributed by atoms with Crippen LogP contribution in [0.5, 0.6) is 11.8 Å². The van der Waals surface area contributed by atoms with Crippen LogP contribution in [0.1, 0.15) is 85.5 Å². The van der Waals surface area contributed by atoms with Crippen molar-refractivity contribution in [3.05, 3.63) is 76.2 Å². The summed E-state index contributed by atoms with van der Waals surface area (Å²) in [6.07, 6.45) is 1.30. The number of rotatable bonds is 10. The lowest BCUT2D eigenvalue weighted by Crippen LogP contribution is -2.49. The number of carboxylic acids is 1. The summed E-state index contributed by atoms with van der Waals surface area (Å²) in [6.45, 7) is 11.7. The van der Waals surface area contributed by atoms with Crippen molar-refractivity contribution in [3.8, 4) is 11.8 Å². The molecule has 3 aromatic heterocycles. The molecular formula is C39H47F3N6O6S. The van der Waals surface area contributed by atoms with Crippen LogP contribution in [0.2, 0.25) is 0 Å². The van der Waals surface area contributed by atoms with Crippen LogP contribution in [0.15, 0.2) is 47.5 Å². The molecule has 55 heavy (non-hydrogen) atoms. The Balaban J connectivity index is 1.21. The Bertz CT molecular complexity index is 2080. The first-order valence-electron chi connectivity index (χ1n) is 18.7. The average molecular weight is 785 g/mol. The number of aliphatic carboxylic acids is 1. The summed E-state index contributed by atoms with van der Waals surface area (Å²) in [7, 11) is -1.69. The molecule has 12 nitrogen and oxygen atoms in total. The number of alkyl halides is 3. The van der Waals surface area contributed by atoms with Gasteiger partial charge in [0.05, 0.1) is 25.2 Å². The molecule has 0 amide bonds. The van der Waals surface area contributed by atoms with E-state index in [1.165, 1.54) is 31.5 Å². The highest BCUT2D eigenvalue weighted by Crippen LogP contribution is 2.45. The van der Waals surface area contributed by atoms with Gasteiger partial charge in [-0.3, -0.25) is 14.1 Å². The normalized spacial score (nSPS) is 20.2. The molecule has 296 valence electrons. The summed E-state index contributed by atoms with van der Waals surface area (Å²) >= 11 is 0. The summed E-state index contributed by atoms with van der Waals surface area (Å²) in [6, 6.07) is 10.7. The fourth-order valence-corrected chi connectivity index (χ4v) is 9.29. The monoisotopic (exact) mass is 784 g/mol. The lowest BCUT2D eigenvalue weighted by molar-refractivity contribution is -0.147. The van der Waals surface area contributed by atoms with Crippen LogP contribution in [0.25, 0.3) is 5.65 Å².